The number of benzene rings is 1. The van der Waals surface area contributed by atoms with Crippen molar-refractivity contribution >= 4 is 22.7 Å². The summed E-state index contributed by atoms with van der Waals surface area (Å²) in [4.78, 5) is 11.9. The quantitative estimate of drug-likeness (QED) is 0.725. The van der Waals surface area contributed by atoms with E-state index in [1.807, 2.05) is 24.3 Å². The van der Waals surface area contributed by atoms with E-state index >= 15 is 0 Å². The van der Waals surface area contributed by atoms with Crippen LogP contribution in [0.1, 0.15) is 22.6 Å². The number of nitriles is 1. The SMILES string of the molecule is Cc1cc2nc(C(C#N)=Cc3ccccn3)[nH]c2cc1C. The summed E-state index contributed by atoms with van der Waals surface area (Å²) < 4.78 is 0. The molecular weight excluding hydrogens is 260 g/mol. The van der Waals surface area contributed by atoms with Crippen molar-refractivity contribution in [2.45, 2.75) is 13.8 Å². The number of nitrogens with zero attached hydrogens (tertiary/aromatic N) is 3. The summed E-state index contributed by atoms with van der Waals surface area (Å²) in [5.74, 6) is 0.572. The Labute approximate surface area is 122 Å². The monoisotopic (exact) mass is 274 g/mol. The Kier molecular flexibility index (Phi) is 3.25. The van der Waals surface area contributed by atoms with Crippen molar-refractivity contribution in [1.29, 1.82) is 5.26 Å². The van der Waals surface area contributed by atoms with Crippen LogP contribution in [0.3, 0.4) is 0 Å². The van der Waals surface area contributed by atoms with E-state index in [-0.39, 0.29) is 0 Å². The van der Waals surface area contributed by atoms with Gasteiger partial charge in [0.25, 0.3) is 0 Å². The van der Waals surface area contributed by atoms with E-state index in [9.17, 15) is 5.26 Å². The number of aromatic amines is 1. The van der Waals surface area contributed by atoms with Crippen molar-refractivity contribution in [3.63, 3.8) is 0 Å². The molecule has 0 saturated heterocycles. The Hall–Kier alpha value is -2.93. The van der Waals surface area contributed by atoms with E-state index in [2.05, 4.69) is 40.9 Å². The smallest absolute Gasteiger partial charge is 0.149 e. The molecule has 0 spiro atoms. The second kappa shape index (κ2) is 5.22. The average molecular weight is 274 g/mol. The predicted octanol–water partition coefficient (Wildman–Crippen LogP) is 3.64. The minimum absolute atomic E-state index is 0.472. The summed E-state index contributed by atoms with van der Waals surface area (Å²) in [7, 11) is 0. The molecule has 0 aliphatic heterocycles. The van der Waals surface area contributed by atoms with Crippen molar-refractivity contribution < 1.29 is 0 Å². The van der Waals surface area contributed by atoms with E-state index in [0.717, 1.165) is 16.7 Å². The molecule has 2 aromatic heterocycles. The topological polar surface area (TPSA) is 65.4 Å². The lowest BCUT2D eigenvalue weighted by Crippen LogP contribution is -1.86. The molecular formula is C17H14N4. The molecule has 0 fully saturated rings. The molecule has 0 radical (unpaired) electrons. The Morgan fingerprint density at radius 1 is 1.24 bits per heavy atom. The zero-order valence-corrected chi connectivity index (χ0v) is 11.9. The molecule has 0 bridgehead atoms. The normalized spacial score (nSPS) is 11.6. The van der Waals surface area contributed by atoms with Gasteiger partial charge in [-0.1, -0.05) is 6.07 Å². The van der Waals surface area contributed by atoms with Crippen LogP contribution in [0.4, 0.5) is 0 Å². The second-order valence-corrected chi connectivity index (χ2v) is 4.96. The van der Waals surface area contributed by atoms with E-state index in [1.165, 1.54) is 11.1 Å². The number of rotatable bonds is 2. The highest BCUT2D eigenvalue weighted by Crippen LogP contribution is 2.21. The zero-order valence-electron chi connectivity index (χ0n) is 11.9. The van der Waals surface area contributed by atoms with E-state index in [4.69, 9.17) is 0 Å². The van der Waals surface area contributed by atoms with E-state index < -0.39 is 0 Å². The van der Waals surface area contributed by atoms with Crippen LogP contribution in [0.2, 0.25) is 0 Å². The third-order valence-electron chi connectivity index (χ3n) is 3.45. The third kappa shape index (κ3) is 2.54. The van der Waals surface area contributed by atoms with Gasteiger partial charge in [-0.2, -0.15) is 5.26 Å². The minimum atomic E-state index is 0.472. The summed E-state index contributed by atoms with van der Waals surface area (Å²) in [6.45, 7) is 4.11. The molecule has 4 nitrogen and oxygen atoms in total. The van der Waals surface area contributed by atoms with Crippen molar-refractivity contribution in [3.8, 4) is 6.07 Å². The second-order valence-electron chi connectivity index (χ2n) is 4.96. The van der Waals surface area contributed by atoms with Crippen molar-refractivity contribution in [1.82, 2.24) is 15.0 Å². The zero-order chi connectivity index (χ0) is 14.8. The molecule has 4 heteroatoms. The molecule has 0 saturated carbocycles. The first-order valence-corrected chi connectivity index (χ1v) is 6.67. The van der Waals surface area contributed by atoms with Gasteiger partial charge in [-0.15, -0.1) is 0 Å². The molecule has 0 aliphatic rings. The molecule has 3 aromatic rings. The van der Waals surface area contributed by atoms with Gasteiger partial charge in [0, 0.05) is 6.20 Å². The Morgan fingerprint density at radius 2 is 2.05 bits per heavy atom. The Bertz CT molecular complexity index is 828. The van der Waals surface area contributed by atoms with Crippen molar-refractivity contribution in [3.05, 3.63) is 59.2 Å². The van der Waals surface area contributed by atoms with Crippen LogP contribution >= 0.6 is 0 Å². The fourth-order valence-corrected chi connectivity index (χ4v) is 2.16. The van der Waals surface area contributed by atoms with Crippen LogP contribution in [0.15, 0.2) is 36.5 Å². The molecule has 1 N–H and O–H groups in total. The lowest BCUT2D eigenvalue weighted by molar-refractivity contribution is 1.26. The first kappa shape index (κ1) is 13.1. The van der Waals surface area contributed by atoms with Crippen LogP contribution in [0.25, 0.3) is 22.7 Å². The van der Waals surface area contributed by atoms with Crippen LogP contribution in [0, 0.1) is 25.2 Å². The number of nitrogens with one attached hydrogen (secondary N) is 1. The fourth-order valence-electron chi connectivity index (χ4n) is 2.16. The number of H-pyrrole nitrogens is 1. The van der Waals surface area contributed by atoms with Gasteiger partial charge in [-0.25, -0.2) is 4.98 Å². The number of allylic oxidation sites excluding steroid dienone is 1. The maximum absolute atomic E-state index is 9.37. The molecule has 3 rings (SSSR count). The van der Waals surface area contributed by atoms with Gasteiger partial charge in [0.2, 0.25) is 0 Å². The number of hydrogen-bond acceptors (Lipinski definition) is 3. The molecule has 102 valence electrons. The first-order chi connectivity index (χ1) is 10.2. The first-order valence-electron chi connectivity index (χ1n) is 6.67. The van der Waals surface area contributed by atoms with Crippen LogP contribution < -0.4 is 0 Å². The summed E-state index contributed by atoms with van der Waals surface area (Å²) in [6, 6.07) is 11.9. The highest BCUT2D eigenvalue weighted by Gasteiger charge is 2.09. The number of pyridine rings is 1. The predicted molar refractivity (Wildman–Crippen MR) is 83.3 cm³/mol. The number of hydrogen-bond donors (Lipinski definition) is 1. The number of fused-ring (bicyclic) bond motifs is 1. The number of imidazole rings is 1. The Balaban J connectivity index is 2.10. The molecule has 0 amide bonds. The number of aromatic nitrogens is 3. The maximum Gasteiger partial charge on any atom is 0.149 e. The van der Waals surface area contributed by atoms with Crippen LogP contribution in [-0.4, -0.2) is 15.0 Å². The van der Waals surface area contributed by atoms with Gasteiger partial charge in [0.05, 0.1) is 22.3 Å². The van der Waals surface area contributed by atoms with Gasteiger partial charge in [0.15, 0.2) is 0 Å². The molecule has 0 aliphatic carbocycles. The van der Waals surface area contributed by atoms with Gasteiger partial charge in [-0.3, -0.25) is 4.98 Å². The molecule has 0 atom stereocenters. The molecule has 21 heavy (non-hydrogen) atoms. The summed E-state index contributed by atoms with van der Waals surface area (Å²) in [5, 5.41) is 9.37. The van der Waals surface area contributed by atoms with Gasteiger partial charge in [-0.05, 0) is 55.3 Å². The average Bonchev–Trinajstić information content (AvgIpc) is 2.89. The van der Waals surface area contributed by atoms with Crippen LogP contribution in [-0.2, 0) is 0 Å². The highest BCUT2D eigenvalue weighted by atomic mass is 14.9. The lowest BCUT2D eigenvalue weighted by atomic mass is 10.1. The molecule has 2 heterocycles. The van der Waals surface area contributed by atoms with Crippen molar-refractivity contribution in [2.75, 3.05) is 0 Å². The summed E-state index contributed by atoms with van der Waals surface area (Å²) >= 11 is 0. The van der Waals surface area contributed by atoms with Gasteiger partial charge >= 0.3 is 0 Å². The summed E-state index contributed by atoms with van der Waals surface area (Å²) in [5.41, 5.74) is 5.41. The lowest BCUT2D eigenvalue weighted by Gasteiger charge is -1.97. The Morgan fingerprint density at radius 3 is 2.76 bits per heavy atom. The molecule has 0 unspecified atom stereocenters. The highest BCUT2D eigenvalue weighted by molar-refractivity contribution is 5.90. The summed E-state index contributed by atoms with van der Waals surface area (Å²) in [6.07, 6.45) is 3.43. The number of aryl methyl sites for hydroxylation is 2. The fraction of sp³-hybridized carbons (Fsp3) is 0.118. The third-order valence-corrected chi connectivity index (χ3v) is 3.45. The standard InChI is InChI=1S/C17H14N4/c1-11-7-15-16(8-12(11)2)21-17(20-15)13(10-18)9-14-5-3-4-6-19-14/h3-9H,1-2H3,(H,20,21). The van der Waals surface area contributed by atoms with Crippen molar-refractivity contribution in [2.24, 2.45) is 0 Å². The van der Waals surface area contributed by atoms with E-state index in [0.29, 0.717) is 11.4 Å². The van der Waals surface area contributed by atoms with Gasteiger partial charge < -0.3 is 4.98 Å². The minimum Gasteiger partial charge on any atom is -0.337 e. The molecule has 1 aromatic carbocycles. The van der Waals surface area contributed by atoms with Gasteiger partial charge in [0.1, 0.15) is 11.9 Å². The van der Waals surface area contributed by atoms with E-state index in [1.54, 1.807) is 12.3 Å². The maximum atomic E-state index is 9.37. The van der Waals surface area contributed by atoms with Crippen LogP contribution in [0.5, 0.6) is 0 Å². The largest absolute Gasteiger partial charge is 0.337 e.